The van der Waals surface area contributed by atoms with Crippen molar-refractivity contribution < 1.29 is 4.74 Å². The third-order valence-electron chi connectivity index (χ3n) is 7.91. The minimum atomic E-state index is 0.770. The first-order valence-electron chi connectivity index (χ1n) is 13.1. The van der Waals surface area contributed by atoms with Crippen LogP contribution in [0.2, 0.25) is 0 Å². The molecule has 0 heterocycles. The Bertz CT molecular complexity index is 573. The van der Waals surface area contributed by atoms with Crippen molar-refractivity contribution in [2.45, 2.75) is 109 Å². The van der Waals surface area contributed by atoms with Crippen LogP contribution in [0.15, 0.2) is 36.9 Å². The fraction of sp³-hybridized carbons (Fsp3) is 0.724. The first-order chi connectivity index (χ1) is 14.8. The molecule has 2 saturated carbocycles. The van der Waals surface area contributed by atoms with Crippen molar-refractivity contribution in [1.29, 1.82) is 0 Å². The lowest BCUT2D eigenvalue weighted by atomic mass is 9.74. The van der Waals surface area contributed by atoms with Gasteiger partial charge in [-0.3, -0.25) is 0 Å². The Kier molecular flexibility index (Phi) is 10.5. The molecule has 0 N–H and O–H groups in total. The summed E-state index contributed by atoms with van der Waals surface area (Å²) in [7, 11) is 0. The van der Waals surface area contributed by atoms with Gasteiger partial charge in [-0.15, -0.1) is 6.58 Å². The number of hydrogen-bond donors (Lipinski definition) is 0. The number of hydrogen-bond acceptors (Lipinski definition) is 1. The quantitative estimate of drug-likeness (QED) is 0.247. The van der Waals surface area contributed by atoms with Crippen molar-refractivity contribution in [3.63, 3.8) is 0 Å². The van der Waals surface area contributed by atoms with Crippen molar-refractivity contribution in [3.05, 3.63) is 48.0 Å². The standard InChI is InChI=1S/C29H46O/c1-3-5-6-22-30-23-27-16-20-29(21-17-27)28-18-14-26(15-19-28)13-12-25-10-8-24(7-4-2)9-11-25/h4,16-17,20-21,24-26,28H,2-3,5-15,18-19,22-23H2,1H3/t24-,25-,26?,28?. The van der Waals surface area contributed by atoms with Crippen LogP contribution in [0.25, 0.3) is 0 Å². The Morgan fingerprint density at radius 3 is 2.03 bits per heavy atom. The molecule has 0 unspecified atom stereocenters. The molecule has 0 atom stereocenters. The zero-order chi connectivity index (χ0) is 21.0. The van der Waals surface area contributed by atoms with Gasteiger partial charge < -0.3 is 4.74 Å². The van der Waals surface area contributed by atoms with Crippen molar-refractivity contribution in [2.75, 3.05) is 6.61 Å². The van der Waals surface area contributed by atoms with E-state index in [1.807, 2.05) is 0 Å². The van der Waals surface area contributed by atoms with Crippen molar-refractivity contribution in [1.82, 2.24) is 0 Å². The molecule has 2 aliphatic carbocycles. The Labute approximate surface area is 186 Å². The maximum absolute atomic E-state index is 5.81. The van der Waals surface area contributed by atoms with Gasteiger partial charge in [-0.2, -0.15) is 0 Å². The maximum Gasteiger partial charge on any atom is 0.0716 e. The molecule has 0 aromatic heterocycles. The highest BCUT2D eigenvalue weighted by Crippen LogP contribution is 2.40. The third kappa shape index (κ3) is 7.88. The minimum Gasteiger partial charge on any atom is -0.377 e. The molecule has 2 aliphatic rings. The summed E-state index contributed by atoms with van der Waals surface area (Å²) < 4.78 is 5.81. The van der Waals surface area contributed by atoms with E-state index in [1.54, 1.807) is 5.56 Å². The molecule has 3 rings (SSSR count). The molecule has 168 valence electrons. The van der Waals surface area contributed by atoms with Gasteiger partial charge >= 0.3 is 0 Å². The fourth-order valence-electron chi connectivity index (χ4n) is 5.78. The maximum atomic E-state index is 5.81. The van der Waals surface area contributed by atoms with Crippen LogP contribution in [0.5, 0.6) is 0 Å². The molecule has 0 saturated heterocycles. The van der Waals surface area contributed by atoms with Gasteiger partial charge in [0.25, 0.3) is 0 Å². The highest BCUT2D eigenvalue weighted by Gasteiger charge is 2.25. The first kappa shape index (κ1) is 23.6. The zero-order valence-electron chi connectivity index (χ0n) is 19.6. The molecule has 0 aliphatic heterocycles. The zero-order valence-corrected chi connectivity index (χ0v) is 19.6. The second-order valence-electron chi connectivity index (χ2n) is 10.2. The second kappa shape index (κ2) is 13.4. The number of rotatable bonds is 12. The summed E-state index contributed by atoms with van der Waals surface area (Å²) >= 11 is 0. The molecule has 0 spiro atoms. The molecule has 0 amide bonds. The number of ether oxygens (including phenoxy) is 1. The van der Waals surface area contributed by atoms with Gasteiger partial charge in [-0.1, -0.05) is 75.8 Å². The summed E-state index contributed by atoms with van der Waals surface area (Å²) in [6.45, 7) is 7.83. The van der Waals surface area contributed by atoms with Crippen molar-refractivity contribution >= 4 is 0 Å². The Hall–Kier alpha value is -1.08. The van der Waals surface area contributed by atoms with Crippen LogP contribution >= 0.6 is 0 Å². The second-order valence-corrected chi connectivity index (χ2v) is 10.2. The summed E-state index contributed by atoms with van der Waals surface area (Å²) in [5, 5.41) is 0. The van der Waals surface area contributed by atoms with Crippen LogP contribution in [0.4, 0.5) is 0 Å². The van der Waals surface area contributed by atoms with E-state index in [0.29, 0.717) is 0 Å². The van der Waals surface area contributed by atoms with E-state index in [4.69, 9.17) is 4.74 Å². The van der Waals surface area contributed by atoms with Crippen molar-refractivity contribution in [3.8, 4) is 0 Å². The minimum absolute atomic E-state index is 0.770. The van der Waals surface area contributed by atoms with Gasteiger partial charge in [0.05, 0.1) is 6.61 Å². The summed E-state index contributed by atoms with van der Waals surface area (Å²) in [5.74, 6) is 3.73. The van der Waals surface area contributed by atoms with Gasteiger partial charge in [0.15, 0.2) is 0 Å². The van der Waals surface area contributed by atoms with E-state index < -0.39 is 0 Å². The van der Waals surface area contributed by atoms with Crippen molar-refractivity contribution in [2.24, 2.45) is 17.8 Å². The molecule has 1 aromatic carbocycles. The highest BCUT2D eigenvalue weighted by atomic mass is 16.5. The Morgan fingerprint density at radius 2 is 1.43 bits per heavy atom. The van der Waals surface area contributed by atoms with Crippen LogP contribution in [0.3, 0.4) is 0 Å². The average molecular weight is 411 g/mol. The molecule has 0 bridgehead atoms. The molecule has 1 heteroatoms. The molecule has 30 heavy (non-hydrogen) atoms. The number of unbranched alkanes of at least 4 members (excludes halogenated alkanes) is 2. The predicted octanol–water partition coefficient (Wildman–Crippen LogP) is 8.83. The van der Waals surface area contributed by atoms with Crippen LogP contribution in [-0.2, 0) is 11.3 Å². The average Bonchev–Trinajstić information content (AvgIpc) is 2.79. The summed E-state index contributed by atoms with van der Waals surface area (Å²) in [6, 6.07) is 9.34. The van der Waals surface area contributed by atoms with Crippen LogP contribution < -0.4 is 0 Å². The van der Waals surface area contributed by atoms with Crippen LogP contribution in [-0.4, -0.2) is 6.61 Å². The lowest BCUT2D eigenvalue weighted by Gasteiger charge is -2.32. The van der Waals surface area contributed by atoms with Gasteiger partial charge in [0.2, 0.25) is 0 Å². The summed E-state index contributed by atoms with van der Waals surface area (Å²) in [4.78, 5) is 0. The first-order valence-corrected chi connectivity index (χ1v) is 13.1. The van der Waals surface area contributed by atoms with E-state index in [2.05, 4.69) is 43.8 Å². The Balaban J connectivity index is 1.31. The third-order valence-corrected chi connectivity index (χ3v) is 7.91. The van der Waals surface area contributed by atoms with E-state index in [9.17, 15) is 0 Å². The molecule has 1 aromatic rings. The van der Waals surface area contributed by atoms with Crippen LogP contribution in [0.1, 0.15) is 114 Å². The number of allylic oxidation sites excluding steroid dienone is 1. The van der Waals surface area contributed by atoms with Gasteiger partial charge in [-0.05, 0) is 86.2 Å². The monoisotopic (exact) mass is 410 g/mol. The fourth-order valence-corrected chi connectivity index (χ4v) is 5.78. The predicted molar refractivity (Wildman–Crippen MR) is 130 cm³/mol. The molecular formula is C29H46O. The summed E-state index contributed by atoms with van der Waals surface area (Å²) in [6.07, 6.45) is 21.6. The molecular weight excluding hydrogens is 364 g/mol. The summed E-state index contributed by atoms with van der Waals surface area (Å²) in [5.41, 5.74) is 2.88. The van der Waals surface area contributed by atoms with Gasteiger partial charge in [-0.25, -0.2) is 0 Å². The lowest BCUT2D eigenvalue weighted by Crippen LogP contribution is -2.17. The molecule has 2 fully saturated rings. The van der Waals surface area contributed by atoms with E-state index in [0.717, 1.165) is 36.9 Å². The molecule has 0 radical (unpaired) electrons. The molecule has 1 nitrogen and oxygen atoms in total. The van der Waals surface area contributed by atoms with Gasteiger partial charge in [0.1, 0.15) is 0 Å². The smallest absolute Gasteiger partial charge is 0.0716 e. The Morgan fingerprint density at radius 1 is 0.833 bits per heavy atom. The van der Waals surface area contributed by atoms with Crippen LogP contribution in [0, 0.1) is 17.8 Å². The normalized spacial score (nSPS) is 27.1. The van der Waals surface area contributed by atoms with E-state index >= 15 is 0 Å². The van der Waals surface area contributed by atoms with E-state index in [1.165, 1.54) is 95.5 Å². The lowest BCUT2D eigenvalue weighted by molar-refractivity contribution is 0.117. The SMILES string of the molecule is C=CC[C@H]1CC[C@H](CCC2CCC(c3ccc(COCCCCC)cc3)CC2)CC1. The highest BCUT2D eigenvalue weighted by molar-refractivity contribution is 5.25. The topological polar surface area (TPSA) is 9.23 Å². The largest absolute Gasteiger partial charge is 0.377 e. The number of benzene rings is 1. The van der Waals surface area contributed by atoms with E-state index in [-0.39, 0.29) is 0 Å². The van der Waals surface area contributed by atoms with Gasteiger partial charge in [0, 0.05) is 6.61 Å².